The van der Waals surface area contributed by atoms with Crippen molar-refractivity contribution < 1.29 is 13.9 Å². The van der Waals surface area contributed by atoms with E-state index in [4.69, 9.17) is 10.00 Å². The van der Waals surface area contributed by atoms with Gasteiger partial charge in [0.05, 0.1) is 17.7 Å². The number of nitrogens with one attached hydrogen (secondary N) is 1. The molecule has 0 aliphatic rings. The second-order valence-electron chi connectivity index (χ2n) is 6.34. The van der Waals surface area contributed by atoms with Crippen molar-refractivity contribution in [1.29, 1.82) is 5.26 Å². The number of nitriles is 1. The van der Waals surface area contributed by atoms with Crippen LogP contribution in [0, 0.1) is 17.1 Å². The Hall–Kier alpha value is -3.65. The van der Waals surface area contributed by atoms with Gasteiger partial charge in [0.25, 0.3) is 5.91 Å². The molecule has 0 aliphatic heterocycles. The smallest absolute Gasteiger partial charge is 0.258 e. The van der Waals surface area contributed by atoms with Crippen molar-refractivity contribution in [3.05, 3.63) is 89.7 Å². The number of carbonyl (C=O) groups is 1. The van der Waals surface area contributed by atoms with Crippen molar-refractivity contribution in [3.63, 3.8) is 0 Å². The molecule has 4 nitrogen and oxygen atoms in total. The molecule has 0 aliphatic carbocycles. The SMILES string of the molecule is C[C@@H](NC(=O)COc1ccc(-c2ccc(C#N)cc2)cc1)c1ccc(F)cc1. The van der Waals surface area contributed by atoms with Gasteiger partial charge in [-0.05, 0) is 60.0 Å². The van der Waals surface area contributed by atoms with Gasteiger partial charge in [0, 0.05) is 0 Å². The number of hydrogen-bond donors (Lipinski definition) is 1. The van der Waals surface area contributed by atoms with Gasteiger partial charge in [0.1, 0.15) is 11.6 Å². The van der Waals surface area contributed by atoms with E-state index in [0.717, 1.165) is 16.7 Å². The maximum Gasteiger partial charge on any atom is 0.258 e. The Labute approximate surface area is 163 Å². The predicted octanol–water partition coefficient (Wildman–Crippen LogP) is 4.62. The highest BCUT2D eigenvalue weighted by atomic mass is 19.1. The molecule has 0 aromatic heterocycles. The first kappa shape index (κ1) is 19.1. The number of rotatable bonds is 6. The van der Waals surface area contributed by atoms with E-state index in [1.165, 1.54) is 12.1 Å². The van der Waals surface area contributed by atoms with E-state index in [1.54, 1.807) is 36.4 Å². The lowest BCUT2D eigenvalue weighted by molar-refractivity contribution is -0.123. The predicted molar refractivity (Wildman–Crippen MR) is 105 cm³/mol. The van der Waals surface area contributed by atoms with Crippen LogP contribution in [0.2, 0.25) is 0 Å². The second kappa shape index (κ2) is 8.83. The number of benzene rings is 3. The molecular weight excluding hydrogens is 355 g/mol. The zero-order valence-electron chi connectivity index (χ0n) is 15.4. The summed E-state index contributed by atoms with van der Waals surface area (Å²) in [6.07, 6.45) is 0. The van der Waals surface area contributed by atoms with Crippen molar-refractivity contribution in [2.24, 2.45) is 0 Å². The van der Waals surface area contributed by atoms with Gasteiger partial charge in [-0.1, -0.05) is 36.4 Å². The average molecular weight is 374 g/mol. The van der Waals surface area contributed by atoms with Crippen LogP contribution in [-0.4, -0.2) is 12.5 Å². The zero-order chi connectivity index (χ0) is 19.9. The lowest BCUT2D eigenvalue weighted by Crippen LogP contribution is -2.31. The summed E-state index contributed by atoms with van der Waals surface area (Å²) in [5.41, 5.74) is 3.42. The molecule has 0 saturated carbocycles. The molecule has 0 radical (unpaired) electrons. The summed E-state index contributed by atoms with van der Waals surface area (Å²) in [5.74, 6) is 0.0186. The van der Waals surface area contributed by atoms with Gasteiger partial charge in [0.2, 0.25) is 0 Å². The summed E-state index contributed by atoms with van der Waals surface area (Å²) in [6.45, 7) is 1.72. The van der Waals surface area contributed by atoms with Gasteiger partial charge in [-0.2, -0.15) is 5.26 Å². The molecule has 3 aromatic carbocycles. The molecule has 1 amide bonds. The Morgan fingerprint density at radius 1 is 1.00 bits per heavy atom. The monoisotopic (exact) mass is 374 g/mol. The van der Waals surface area contributed by atoms with E-state index in [1.807, 2.05) is 31.2 Å². The third-order valence-electron chi connectivity index (χ3n) is 4.32. The first-order chi connectivity index (χ1) is 13.5. The third-order valence-corrected chi connectivity index (χ3v) is 4.32. The van der Waals surface area contributed by atoms with Crippen LogP contribution < -0.4 is 10.1 Å². The molecule has 0 heterocycles. The van der Waals surface area contributed by atoms with Crippen LogP contribution in [0.3, 0.4) is 0 Å². The number of halogens is 1. The van der Waals surface area contributed by atoms with Crippen molar-refractivity contribution >= 4 is 5.91 Å². The fourth-order valence-corrected chi connectivity index (χ4v) is 2.75. The number of carbonyl (C=O) groups excluding carboxylic acids is 1. The Morgan fingerprint density at radius 2 is 1.57 bits per heavy atom. The Bertz CT molecular complexity index is 975. The van der Waals surface area contributed by atoms with E-state index in [2.05, 4.69) is 11.4 Å². The summed E-state index contributed by atoms with van der Waals surface area (Å²) < 4.78 is 18.5. The van der Waals surface area contributed by atoms with E-state index in [-0.39, 0.29) is 24.4 Å². The molecule has 3 rings (SSSR count). The quantitative estimate of drug-likeness (QED) is 0.685. The third kappa shape index (κ3) is 4.95. The van der Waals surface area contributed by atoms with Crippen LogP contribution in [0.4, 0.5) is 4.39 Å². The summed E-state index contributed by atoms with van der Waals surface area (Å²) >= 11 is 0. The average Bonchev–Trinajstić information content (AvgIpc) is 2.73. The second-order valence-corrected chi connectivity index (χ2v) is 6.34. The largest absolute Gasteiger partial charge is 0.484 e. The molecule has 3 aromatic rings. The minimum atomic E-state index is -0.310. The fraction of sp³-hybridized carbons (Fsp3) is 0.130. The van der Waals surface area contributed by atoms with Gasteiger partial charge in [0.15, 0.2) is 6.61 Å². The van der Waals surface area contributed by atoms with Crippen molar-refractivity contribution in [2.45, 2.75) is 13.0 Å². The molecule has 28 heavy (non-hydrogen) atoms. The summed E-state index contributed by atoms with van der Waals surface area (Å²) in [6, 6.07) is 22.6. The molecule has 1 N–H and O–H groups in total. The highest BCUT2D eigenvalue weighted by molar-refractivity contribution is 5.78. The Morgan fingerprint density at radius 3 is 2.14 bits per heavy atom. The molecule has 0 fully saturated rings. The molecule has 0 bridgehead atoms. The van der Waals surface area contributed by atoms with E-state index in [0.29, 0.717) is 11.3 Å². The van der Waals surface area contributed by atoms with Crippen molar-refractivity contribution in [2.75, 3.05) is 6.61 Å². The summed E-state index contributed by atoms with van der Waals surface area (Å²) in [4.78, 5) is 12.1. The molecule has 0 unspecified atom stereocenters. The normalized spacial score (nSPS) is 11.3. The van der Waals surface area contributed by atoms with Crippen LogP contribution in [0.5, 0.6) is 5.75 Å². The number of amides is 1. The van der Waals surface area contributed by atoms with Crippen LogP contribution in [0.15, 0.2) is 72.8 Å². The van der Waals surface area contributed by atoms with Gasteiger partial charge < -0.3 is 10.1 Å². The van der Waals surface area contributed by atoms with Crippen LogP contribution >= 0.6 is 0 Å². The Balaban J connectivity index is 1.53. The van der Waals surface area contributed by atoms with Gasteiger partial charge in [-0.3, -0.25) is 4.79 Å². The van der Waals surface area contributed by atoms with Crippen molar-refractivity contribution in [3.8, 4) is 22.9 Å². The first-order valence-electron chi connectivity index (χ1n) is 8.83. The number of ether oxygens (including phenoxy) is 1. The highest BCUT2D eigenvalue weighted by Crippen LogP contribution is 2.23. The maximum absolute atomic E-state index is 13.0. The highest BCUT2D eigenvalue weighted by Gasteiger charge is 2.10. The van der Waals surface area contributed by atoms with Gasteiger partial charge in [-0.25, -0.2) is 4.39 Å². The molecule has 140 valence electrons. The maximum atomic E-state index is 13.0. The topological polar surface area (TPSA) is 62.1 Å². The van der Waals surface area contributed by atoms with E-state index < -0.39 is 0 Å². The molecule has 0 spiro atoms. The minimum absolute atomic E-state index is 0.109. The van der Waals surface area contributed by atoms with E-state index >= 15 is 0 Å². The van der Waals surface area contributed by atoms with Gasteiger partial charge in [-0.15, -0.1) is 0 Å². The lowest BCUT2D eigenvalue weighted by Gasteiger charge is -2.15. The molecule has 5 heteroatoms. The van der Waals surface area contributed by atoms with E-state index in [9.17, 15) is 9.18 Å². The zero-order valence-corrected chi connectivity index (χ0v) is 15.4. The van der Waals surface area contributed by atoms with Crippen LogP contribution in [-0.2, 0) is 4.79 Å². The summed E-state index contributed by atoms with van der Waals surface area (Å²) in [5, 5.41) is 11.7. The summed E-state index contributed by atoms with van der Waals surface area (Å²) in [7, 11) is 0. The minimum Gasteiger partial charge on any atom is -0.484 e. The number of nitrogens with zero attached hydrogens (tertiary/aromatic N) is 1. The molecule has 0 saturated heterocycles. The van der Waals surface area contributed by atoms with Gasteiger partial charge >= 0.3 is 0 Å². The number of hydrogen-bond acceptors (Lipinski definition) is 3. The van der Waals surface area contributed by atoms with Crippen LogP contribution in [0.25, 0.3) is 11.1 Å². The van der Waals surface area contributed by atoms with Crippen LogP contribution in [0.1, 0.15) is 24.1 Å². The molecular formula is C23H19FN2O2. The van der Waals surface area contributed by atoms with Crippen molar-refractivity contribution in [1.82, 2.24) is 5.32 Å². The standard InChI is InChI=1S/C23H19FN2O2/c1-16(18-6-10-21(24)11-7-18)26-23(27)15-28-22-12-8-20(9-13-22)19-4-2-17(14-25)3-5-19/h2-13,16H,15H2,1H3,(H,26,27)/t16-/m1/s1. The lowest BCUT2D eigenvalue weighted by atomic mass is 10.0. The Kier molecular flexibility index (Phi) is 6.03. The first-order valence-corrected chi connectivity index (χ1v) is 8.83. The molecule has 1 atom stereocenters. The fourth-order valence-electron chi connectivity index (χ4n) is 2.75.